The molecule has 0 spiro atoms. The molecule has 0 saturated carbocycles. The Kier molecular flexibility index (Phi) is 6.29. The molecule has 9 heteroatoms. The third-order valence-electron chi connectivity index (χ3n) is 3.58. The number of nitrogens with zero attached hydrogens (tertiary/aromatic N) is 3. The molecular formula is C17H13Cl3FN3OS. The number of thioether (sulfide) groups is 1. The monoisotopic (exact) mass is 431 g/mol. The third kappa shape index (κ3) is 4.43. The Balaban J connectivity index is 1.66. The number of aromatic nitrogens is 3. The summed E-state index contributed by atoms with van der Waals surface area (Å²) in [6, 6.07) is 9.35. The van der Waals surface area contributed by atoms with E-state index >= 15 is 0 Å². The van der Waals surface area contributed by atoms with Gasteiger partial charge in [-0.1, -0.05) is 52.6 Å². The topological polar surface area (TPSA) is 39.9 Å². The molecule has 0 saturated heterocycles. The van der Waals surface area contributed by atoms with Gasteiger partial charge in [0.15, 0.2) is 11.0 Å². The van der Waals surface area contributed by atoms with Gasteiger partial charge in [0, 0.05) is 22.8 Å². The molecule has 0 fully saturated rings. The van der Waals surface area contributed by atoms with Gasteiger partial charge in [0.1, 0.15) is 18.2 Å². The summed E-state index contributed by atoms with van der Waals surface area (Å²) < 4.78 is 20.5. The number of ether oxygens (including phenoxy) is 1. The second-order valence-electron chi connectivity index (χ2n) is 5.31. The standard InChI is InChI=1S/C17H13Cl3FN3OS/c1-24-16(8-25-15-6-5-10(21)7-14(15)20)22-23-17(24)26-9-11-12(18)3-2-4-13(11)19/h2-7H,8-9H2,1H3. The van der Waals surface area contributed by atoms with E-state index in [9.17, 15) is 4.39 Å². The molecule has 26 heavy (non-hydrogen) atoms. The second-order valence-corrected chi connectivity index (χ2v) is 7.47. The fourth-order valence-corrected chi connectivity index (χ4v) is 4.03. The fraction of sp³-hybridized carbons (Fsp3) is 0.176. The smallest absolute Gasteiger partial charge is 0.191 e. The molecule has 0 aliphatic carbocycles. The summed E-state index contributed by atoms with van der Waals surface area (Å²) in [6.45, 7) is 0.155. The molecule has 0 aliphatic rings. The minimum atomic E-state index is -0.419. The minimum Gasteiger partial charge on any atom is -0.484 e. The van der Waals surface area contributed by atoms with Crippen LogP contribution in [0.1, 0.15) is 11.4 Å². The van der Waals surface area contributed by atoms with E-state index in [-0.39, 0.29) is 11.6 Å². The normalized spacial score (nSPS) is 11.0. The van der Waals surface area contributed by atoms with Gasteiger partial charge in [-0.2, -0.15) is 0 Å². The van der Waals surface area contributed by atoms with Crippen LogP contribution < -0.4 is 4.74 Å². The molecule has 3 rings (SSSR count). The van der Waals surface area contributed by atoms with E-state index in [1.54, 1.807) is 18.2 Å². The van der Waals surface area contributed by atoms with E-state index < -0.39 is 5.82 Å². The summed E-state index contributed by atoms with van der Waals surface area (Å²) in [5, 5.41) is 10.4. The zero-order chi connectivity index (χ0) is 18.7. The minimum absolute atomic E-state index is 0.155. The van der Waals surface area contributed by atoms with Crippen LogP contribution >= 0.6 is 46.6 Å². The summed E-state index contributed by atoms with van der Waals surface area (Å²) in [4.78, 5) is 0. The van der Waals surface area contributed by atoms with Crippen molar-refractivity contribution in [2.75, 3.05) is 0 Å². The second kappa shape index (κ2) is 8.48. The molecule has 136 valence electrons. The molecule has 2 aromatic carbocycles. The Labute approximate surface area is 169 Å². The van der Waals surface area contributed by atoms with Crippen LogP contribution in [-0.2, 0) is 19.4 Å². The van der Waals surface area contributed by atoms with Gasteiger partial charge in [-0.3, -0.25) is 0 Å². The summed E-state index contributed by atoms with van der Waals surface area (Å²) in [5.74, 6) is 1.14. The van der Waals surface area contributed by atoms with Crippen molar-refractivity contribution in [2.24, 2.45) is 7.05 Å². The number of hydrogen-bond donors (Lipinski definition) is 0. The molecule has 1 aromatic heterocycles. The van der Waals surface area contributed by atoms with Crippen molar-refractivity contribution < 1.29 is 9.13 Å². The number of rotatable bonds is 6. The van der Waals surface area contributed by atoms with Crippen molar-refractivity contribution in [1.29, 1.82) is 0 Å². The Hall–Kier alpha value is -1.47. The highest BCUT2D eigenvalue weighted by Crippen LogP contribution is 2.31. The van der Waals surface area contributed by atoms with Crippen LogP contribution in [0.5, 0.6) is 5.75 Å². The van der Waals surface area contributed by atoms with Gasteiger partial charge in [-0.05, 0) is 35.9 Å². The van der Waals surface area contributed by atoms with Crippen LogP contribution in [0.25, 0.3) is 0 Å². The van der Waals surface area contributed by atoms with E-state index in [1.807, 2.05) is 11.6 Å². The predicted octanol–water partition coefficient (Wildman–Crippen LogP) is 5.79. The highest BCUT2D eigenvalue weighted by atomic mass is 35.5. The summed E-state index contributed by atoms with van der Waals surface area (Å²) in [6.07, 6.45) is 0. The van der Waals surface area contributed by atoms with Gasteiger partial charge >= 0.3 is 0 Å². The van der Waals surface area contributed by atoms with E-state index in [4.69, 9.17) is 39.5 Å². The molecule has 4 nitrogen and oxygen atoms in total. The first-order valence-electron chi connectivity index (χ1n) is 7.47. The van der Waals surface area contributed by atoms with Crippen molar-refractivity contribution in [3.63, 3.8) is 0 Å². The molecule has 0 amide bonds. The summed E-state index contributed by atoms with van der Waals surface area (Å²) in [5.41, 5.74) is 0.847. The number of halogens is 4. The molecule has 0 bridgehead atoms. The Morgan fingerprint density at radius 1 is 1.08 bits per heavy atom. The predicted molar refractivity (Wildman–Crippen MR) is 103 cm³/mol. The van der Waals surface area contributed by atoms with Crippen LogP contribution in [-0.4, -0.2) is 14.8 Å². The molecule has 0 radical (unpaired) electrons. The largest absolute Gasteiger partial charge is 0.484 e. The van der Waals surface area contributed by atoms with Crippen LogP contribution in [0.15, 0.2) is 41.6 Å². The quantitative estimate of drug-likeness (QED) is 0.463. The van der Waals surface area contributed by atoms with E-state index in [0.717, 1.165) is 5.56 Å². The number of benzene rings is 2. The SMILES string of the molecule is Cn1c(COc2ccc(F)cc2Cl)nnc1SCc1c(Cl)cccc1Cl. The maximum atomic E-state index is 13.1. The maximum absolute atomic E-state index is 13.1. The lowest BCUT2D eigenvalue weighted by atomic mass is 10.2. The average Bonchev–Trinajstić information content (AvgIpc) is 2.94. The van der Waals surface area contributed by atoms with Crippen molar-refractivity contribution in [1.82, 2.24) is 14.8 Å². The molecule has 3 aromatic rings. The maximum Gasteiger partial charge on any atom is 0.191 e. The number of hydrogen-bond acceptors (Lipinski definition) is 4. The van der Waals surface area contributed by atoms with Gasteiger partial charge in [-0.25, -0.2) is 4.39 Å². The lowest BCUT2D eigenvalue weighted by Crippen LogP contribution is -2.04. The Morgan fingerprint density at radius 3 is 2.50 bits per heavy atom. The highest BCUT2D eigenvalue weighted by molar-refractivity contribution is 7.98. The van der Waals surface area contributed by atoms with Crippen LogP contribution in [0.3, 0.4) is 0 Å². The lowest BCUT2D eigenvalue weighted by molar-refractivity contribution is 0.290. The molecule has 1 heterocycles. The molecule has 0 atom stereocenters. The van der Waals surface area contributed by atoms with E-state index in [0.29, 0.717) is 32.5 Å². The van der Waals surface area contributed by atoms with Crippen LogP contribution in [0, 0.1) is 5.82 Å². The average molecular weight is 433 g/mol. The van der Waals surface area contributed by atoms with E-state index in [2.05, 4.69) is 10.2 Å². The van der Waals surface area contributed by atoms with Gasteiger partial charge in [0.2, 0.25) is 0 Å². The van der Waals surface area contributed by atoms with Crippen molar-refractivity contribution in [3.05, 3.63) is 68.7 Å². The van der Waals surface area contributed by atoms with Gasteiger partial charge in [0.05, 0.1) is 5.02 Å². The first-order chi connectivity index (χ1) is 12.5. The lowest BCUT2D eigenvalue weighted by Gasteiger charge is -2.09. The molecule has 0 N–H and O–H groups in total. The van der Waals surface area contributed by atoms with Crippen molar-refractivity contribution in [3.8, 4) is 5.75 Å². The molecule has 0 unspecified atom stereocenters. The van der Waals surface area contributed by atoms with E-state index in [1.165, 1.54) is 30.0 Å². The fourth-order valence-electron chi connectivity index (χ4n) is 2.14. The third-order valence-corrected chi connectivity index (χ3v) is 5.63. The highest BCUT2D eigenvalue weighted by Gasteiger charge is 2.13. The Bertz CT molecular complexity index is 915. The molecule has 0 aliphatic heterocycles. The summed E-state index contributed by atoms with van der Waals surface area (Å²) in [7, 11) is 1.83. The first kappa shape index (κ1) is 19.3. The van der Waals surface area contributed by atoms with Gasteiger partial charge in [0.25, 0.3) is 0 Å². The van der Waals surface area contributed by atoms with Crippen molar-refractivity contribution in [2.45, 2.75) is 17.5 Å². The first-order valence-corrected chi connectivity index (χ1v) is 9.59. The Morgan fingerprint density at radius 2 is 1.81 bits per heavy atom. The van der Waals surface area contributed by atoms with Gasteiger partial charge < -0.3 is 9.30 Å². The van der Waals surface area contributed by atoms with Crippen LogP contribution in [0.2, 0.25) is 15.1 Å². The summed E-state index contributed by atoms with van der Waals surface area (Å²) >= 11 is 19.8. The molecular weight excluding hydrogens is 420 g/mol. The zero-order valence-corrected chi connectivity index (χ0v) is 16.6. The zero-order valence-electron chi connectivity index (χ0n) is 13.5. The van der Waals surface area contributed by atoms with Crippen molar-refractivity contribution >= 4 is 46.6 Å². The van der Waals surface area contributed by atoms with Gasteiger partial charge in [-0.15, -0.1) is 10.2 Å². The van der Waals surface area contributed by atoms with Crippen LogP contribution in [0.4, 0.5) is 4.39 Å².